The highest BCUT2D eigenvalue weighted by molar-refractivity contribution is 6.11. The molecule has 1 unspecified atom stereocenters. The number of quaternary nitrogens is 1. The maximum Gasteiger partial charge on any atom is 0.356 e. The molecule has 1 aromatic carbocycles. The van der Waals surface area contributed by atoms with E-state index in [0.29, 0.717) is 24.7 Å². The molecule has 3 N–H and O–H groups in total. The molecule has 2 bridgehead atoms. The van der Waals surface area contributed by atoms with Crippen molar-refractivity contribution in [3.05, 3.63) is 63.7 Å². The van der Waals surface area contributed by atoms with Crippen LogP contribution in [-0.4, -0.2) is 48.2 Å². The number of carbonyl (C=O) groups is 2. The number of fused-ring (bicyclic) bond motifs is 5. The van der Waals surface area contributed by atoms with Gasteiger partial charge >= 0.3 is 5.97 Å². The molecule has 1 saturated heterocycles. The SMILES string of the molecule is COC(=O)c1[nH]c2ccc(C)cc2c1NC(=O)C[NH+]1C[C@@H]2C[C@H](C1)c1cccc(=O)n1C2. The lowest BCUT2D eigenvalue weighted by Crippen LogP contribution is -3.15. The van der Waals surface area contributed by atoms with Crippen molar-refractivity contribution in [2.24, 2.45) is 5.92 Å². The van der Waals surface area contributed by atoms with E-state index in [4.69, 9.17) is 4.74 Å². The van der Waals surface area contributed by atoms with Crippen LogP contribution in [0.1, 0.15) is 34.1 Å². The zero-order valence-electron chi connectivity index (χ0n) is 18.2. The van der Waals surface area contributed by atoms with Crippen molar-refractivity contribution in [1.82, 2.24) is 9.55 Å². The maximum absolute atomic E-state index is 13.0. The first-order valence-corrected chi connectivity index (χ1v) is 11.0. The Morgan fingerprint density at radius 1 is 1.25 bits per heavy atom. The van der Waals surface area contributed by atoms with Crippen LogP contribution in [0, 0.1) is 12.8 Å². The minimum Gasteiger partial charge on any atom is -0.464 e. The lowest BCUT2D eigenvalue weighted by atomic mass is 9.83. The second-order valence-electron chi connectivity index (χ2n) is 9.00. The quantitative estimate of drug-likeness (QED) is 0.534. The number of aromatic nitrogens is 2. The number of hydrogen-bond donors (Lipinski definition) is 3. The number of methoxy groups -OCH3 is 1. The zero-order chi connectivity index (χ0) is 22.4. The largest absolute Gasteiger partial charge is 0.464 e. The first-order chi connectivity index (χ1) is 15.4. The van der Waals surface area contributed by atoms with Crippen molar-refractivity contribution in [2.75, 3.05) is 32.1 Å². The first-order valence-electron chi connectivity index (χ1n) is 11.0. The maximum atomic E-state index is 13.0. The molecular weight excluding hydrogens is 408 g/mol. The van der Waals surface area contributed by atoms with Crippen LogP contribution in [0.3, 0.4) is 0 Å². The Hall–Kier alpha value is -3.39. The molecule has 2 aliphatic heterocycles. The predicted molar refractivity (Wildman–Crippen MR) is 120 cm³/mol. The van der Waals surface area contributed by atoms with Gasteiger partial charge in [0.1, 0.15) is 5.69 Å². The fourth-order valence-corrected chi connectivity index (χ4v) is 5.37. The summed E-state index contributed by atoms with van der Waals surface area (Å²) in [5.74, 6) is 0.000116. The highest BCUT2D eigenvalue weighted by Crippen LogP contribution is 2.31. The van der Waals surface area contributed by atoms with E-state index in [1.807, 2.05) is 41.8 Å². The van der Waals surface area contributed by atoms with E-state index in [-0.39, 0.29) is 23.1 Å². The van der Waals surface area contributed by atoms with E-state index in [9.17, 15) is 14.4 Å². The van der Waals surface area contributed by atoms with Crippen molar-refractivity contribution in [1.29, 1.82) is 0 Å². The number of nitrogens with one attached hydrogen (secondary N) is 3. The average molecular weight is 436 g/mol. The number of H-pyrrole nitrogens is 1. The van der Waals surface area contributed by atoms with Crippen molar-refractivity contribution in [3.8, 4) is 0 Å². The van der Waals surface area contributed by atoms with Crippen LogP contribution < -0.4 is 15.8 Å². The number of rotatable bonds is 4. The number of esters is 1. The minimum atomic E-state index is -0.518. The summed E-state index contributed by atoms with van der Waals surface area (Å²) in [6.45, 7) is 4.65. The van der Waals surface area contributed by atoms with Gasteiger partial charge < -0.3 is 24.5 Å². The Labute approximate surface area is 185 Å². The molecule has 1 amide bonds. The van der Waals surface area contributed by atoms with E-state index in [1.54, 1.807) is 6.07 Å². The smallest absolute Gasteiger partial charge is 0.356 e. The molecule has 1 fully saturated rings. The standard InChI is InChI=1S/C24H26N4O4/c1-14-6-7-18-17(8-14)22(23(25-18)24(31)32-2)26-20(29)13-27-10-15-9-16(12-27)19-4-3-5-21(30)28(19)11-15/h3-8,15-16,25H,9-13H2,1-2H3,(H,26,29)/p+1/t15-,16+/m0/s1. The van der Waals surface area contributed by atoms with Gasteiger partial charge in [0.25, 0.3) is 11.5 Å². The molecule has 4 heterocycles. The normalized spacial score (nSPS) is 21.8. The molecule has 5 rings (SSSR count). The molecule has 166 valence electrons. The van der Waals surface area contributed by atoms with E-state index in [2.05, 4.69) is 10.3 Å². The number of aromatic amines is 1. The van der Waals surface area contributed by atoms with Crippen molar-refractivity contribution >= 4 is 28.5 Å². The van der Waals surface area contributed by atoms with Crippen LogP contribution in [0.25, 0.3) is 10.9 Å². The summed E-state index contributed by atoms with van der Waals surface area (Å²) < 4.78 is 6.80. The summed E-state index contributed by atoms with van der Waals surface area (Å²) in [4.78, 5) is 41.8. The number of piperidine rings is 1. The molecule has 8 heteroatoms. The monoisotopic (exact) mass is 435 g/mol. The number of anilines is 1. The summed E-state index contributed by atoms with van der Waals surface area (Å²) in [7, 11) is 1.32. The number of benzene rings is 1. The molecule has 32 heavy (non-hydrogen) atoms. The Kier molecular flexibility index (Phi) is 5.09. The van der Waals surface area contributed by atoms with Crippen LogP contribution in [0.5, 0.6) is 0 Å². The summed E-state index contributed by atoms with van der Waals surface area (Å²) >= 11 is 0. The second kappa shape index (κ2) is 7.94. The Morgan fingerprint density at radius 2 is 2.09 bits per heavy atom. The zero-order valence-corrected chi connectivity index (χ0v) is 18.2. The van der Waals surface area contributed by atoms with Crippen LogP contribution in [0.4, 0.5) is 5.69 Å². The molecule has 0 radical (unpaired) electrons. The summed E-state index contributed by atoms with van der Waals surface area (Å²) in [5.41, 5.74) is 3.66. The molecule has 0 aliphatic carbocycles. The topological polar surface area (TPSA) is 97.6 Å². The molecule has 2 aromatic heterocycles. The third-order valence-corrected chi connectivity index (χ3v) is 6.69. The van der Waals surface area contributed by atoms with Gasteiger partial charge in [0.2, 0.25) is 0 Å². The number of aryl methyl sites for hydroxylation is 1. The van der Waals surface area contributed by atoms with Crippen LogP contribution in [0.2, 0.25) is 0 Å². The van der Waals surface area contributed by atoms with Crippen molar-refractivity contribution < 1.29 is 19.2 Å². The third-order valence-electron chi connectivity index (χ3n) is 6.69. The third kappa shape index (κ3) is 3.60. The fourth-order valence-electron chi connectivity index (χ4n) is 5.37. The number of amides is 1. The van der Waals surface area contributed by atoms with E-state index in [1.165, 1.54) is 12.0 Å². The van der Waals surface area contributed by atoms with Gasteiger partial charge in [-0.2, -0.15) is 0 Å². The Bertz CT molecular complexity index is 1270. The van der Waals surface area contributed by atoms with Gasteiger partial charge in [-0.25, -0.2) is 4.79 Å². The number of nitrogens with zero attached hydrogens (tertiary/aromatic N) is 1. The molecular formula is C24H27N4O4+. The highest BCUT2D eigenvalue weighted by Gasteiger charge is 2.37. The number of carbonyl (C=O) groups excluding carboxylic acids is 2. The Morgan fingerprint density at radius 3 is 2.91 bits per heavy atom. The van der Waals surface area contributed by atoms with Crippen LogP contribution in [0.15, 0.2) is 41.2 Å². The second-order valence-corrected chi connectivity index (χ2v) is 9.00. The van der Waals surface area contributed by atoms with Crippen LogP contribution in [-0.2, 0) is 16.1 Å². The average Bonchev–Trinajstić information content (AvgIpc) is 3.11. The molecule has 8 nitrogen and oxygen atoms in total. The summed E-state index contributed by atoms with van der Waals surface area (Å²) in [6.07, 6.45) is 1.06. The van der Waals surface area contributed by atoms with Gasteiger partial charge in [-0.3, -0.25) is 9.59 Å². The first kappa shape index (κ1) is 20.5. The lowest BCUT2D eigenvalue weighted by molar-refractivity contribution is -0.903. The fraction of sp³-hybridized carbons (Fsp3) is 0.375. The predicted octanol–water partition coefficient (Wildman–Crippen LogP) is 1.07. The van der Waals surface area contributed by atoms with Crippen molar-refractivity contribution in [2.45, 2.75) is 25.8 Å². The molecule has 0 saturated carbocycles. The summed E-state index contributed by atoms with van der Waals surface area (Å²) in [6, 6.07) is 11.3. The van der Waals surface area contributed by atoms with Gasteiger partial charge in [-0.1, -0.05) is 17.7 Å². The van der Waals surface area contributed by atoms with Gasteiger partial charge in [0.05, 0.1) is 25.9 Å². The van der Waals surface area contributed by atoms with Crippen molar-refractivity contribution in [3.63, 3.8) is 0 Å². The minimum absolute atomic E-state index is 0.0587. The van der Waals surface area contributed by atoms with Gasteiger partial charge in [0, 0.05) is 41.0 Å². The number of hydrogen-bond acceptors (Lipinski definition) is 4. The molecule has 0 spiro atoms. The summed E-state index contributed by atoms with van der Waals surface area (Å²) in [5, 5.41) is 3.76. The molecule has 3 atom stereocenters. The number of pyridine rings is 1. The lowest BCUT2D eigenvalue weighted by Gasteiger charge is -2.40. The molecule has 2 aliphatic rings. The van der Waals surface area contributed by atoms with E-state index < -0.39 is 5.97 Å². The van der Waals surface area contributed by atoms with E-state index >= 15 is 0 Å². The number of ether oxygens (including phenoxy) is 1. The van der Waals surface area contributed by atoms with Crippen LogP contribution >= 0.6 is 0 Å². The van der Waals surface area contributed by atoms with Gasteiger partial charge in [-0.05, 0) is 31.5 Å². The number of likely N-dealkylation sites (tertiary alicyclic amines) is 1. The molecule has 3 aromatic rings. The van der Waals surface area contributed by atoms with Gasteiger partial charge in [-0.15, -0.1) is 0 Å². The van der Waals surface area contributed by atoms with Gasteiger partial charge in [0.15, 0.2) is 6.54 Å². The highest BCUT2D eigenvalue weighted by atomic mass is 16.5. The van der Waals surface area contributed by atoms with E-state index in [0.717, 1.165) is 41.7 Å². The Balaban J connectivity index is 1.36.